The molecule has 4 heterocycles. The maximum Gasteiger partial charge on any atom is 0.408 e. The number of anilines is 1. The van der Waals surface area contributed by atoms with Gasteiger partial charge < -0.3 is 15.5 Å². The second-order valence-corrected chi connectivity index (χ2v) is 8.39. The maximum atomic E-state index is 13.3. The van der Waals surface area contributed by atoms with Crippen molar-refractivity contribution in [2.75, 3.05) is 18.4 Å². The molecular weight excluding hydrogens is 425 g/mol. The summed E-state index contributed by atoms with van der Waals surface area (Å²) in [4.78, 5) is 33.5. The molecule has 3 amide bonds. The van der Waals surface area contributed by atoms with Crippen LogP contribution in [0.5, 0.6) is 0 Å². The number of pyridine rings is 1. The predicted molar refractivity (Wildman–Crippen MR) is 111 cm³/mol. The Labute approximate surface area is 183 Å². The molecular formula is C21H25F3N6O2. The van der Waals surface area contributed by atoms with Crippen LogP contribution in [0.3, 0.4) is 0 Å². The summed E-state index contributed by atoms with van der Waals surface area (Å²) in [5, 5.41) is 7.83. The number of allylic oxidation sites excluding steroid dienone is 1. The van der Waals surface area contributed by atoms with Crippen molar-refractivity contribution in [3.05, 3.63) is 48.1 Å². The van der Waals surface area contributed by atoms with Crippen LogP contribution in [-0.4, -0.2) is 64.1 Å². The third-order valence-electron chi connectivity index (χ3n) is 5.81. The minimum absolute atomic E-state index is 0.126. The molecule has 1 fully saturated rings. The monoisotopic (exact) mass is 450 g/mol. The Kier molecular flexibility index (Phi) is 5.74. The molecule has 3 atom stereocenters. The molecule has 2 unspecified atom stereocenters. The number of nitrogens with one attached hydrogen (secondary N) is 3. The number of urea groups is 1. The van der Waals surface area contributed by atoms with Gasteiger partial charge in [0.25, 0.3) is 0 Å². The van der Waals surface area contributed by atoms with E-state index in [4.69, 9.17) is 0 Å². The van der Waals surface area contributed by atoms with Crippen LogP contribution < -0.4 is 16.0 Å². The number of carbonyl (C=O) groups is 2. The van der Waals surface area contributed by atoms with E-state index in [1.54, 1.807) is 35.4 Å². The fraction of sp³-hybridized carbons (Fsp3) is 0.476. The molecule has 0 aliphatic carbocycles. The number of dihydropyridines is 1. The highest BCUT2D eigenvalue weighted by Gasteiger charge is 2.45. The number of halogens is 3. The summed E-state index contributed by atoms with van der Waals surface area (Å²) in [7, 11) is 0. The highest BCUT2D eigenvalue weighted by Crippen LogP contribution is 2.34. The lowest BCUT2D eigenvalue weighted by Gasteiger charge is -2.41. The number of hydrogen-bond donors (Lipinski definition) is 3. The van der Waals surface area contributed by atoms with E-state index >= 15 is 0 Å². The number of alkyl halides is 3. The normalized spacial score (nSPS) is 23.1. The Balaban J connectivity index is 1.54. The Morgan fingerprint density at radius 1 is 1.28 bits per heavy atom. The van der Waals surface area contributed by atoms with Crippen LogP contribution in [0.4, 0.5) is 23.8 Å². The van der Waals surface area contributed by atoms with Gasteiger partial charge in [-0.15, -0.1) is 0 Å². The molecule has 32 heavy (non-hydrogen) atoms. The van der Waals surface area contributed by atoms with Crippen LogP contribution in [0.15, 0.2) is 48.1 Å². The molecule has 0 spiro atoms. The summed E-state index contributed by atoms with van der Waals surface area (Å²) in [5.74, 6) is -0.839. The number of aromatic nitrogens is 1. The van der Waals surface area contributed by atoms with Crippen LogP contribution >= 0.6 is 0 Å². The van der Waals surface area contributed by atoms with E-state index in [1.807, 2.05) is 0 Å². The van der Waals surface area contributed by atoms with Gasteiger partial charge in [-0.25, -0.2) is 9.78 Å². The summed E-state index contributed by atoms with van der Waals surface area (Å²) in [6.45, 7) is 4.18. The Hall–Kier alpha value is -3.24. The Morgan fingerprint density at radius 3 is 2.72 bits per heavy atom. The first-order chi connectivity index (χ1) is 15.1. The van der Waals surface area contributed by atoms with Gasteiger partial charge in [0, 0.05) is 19.3 Å². The van der Waals surface area contributed by atoms with Crippen molar-refractivity contribution in [1.29, 1.82) is 0 Å². The third-order valence-corrected chi connectivity index (χ3v) is 5.81. The van der Waals surface area contributed by atoms with Crippen LogP contribution in [0.1, 0.15) is 20.3 Å². The zero-order valence-corrected chi connectivity index (χ0v) is 17.7. The van der Waals surface area contributed by atoms with Crippen LogP contribution in [0.2, 0.25) is 0 Å². The first-order valence-electron chi connectivity index (χ1n) is 10.5. The second kappa shape index (κ2) is 8.36. The number of carbonyl (C=O) groups excluding carboxylic acids is 2. The van der Waals surface area contributed by atoms with Gasteiger partial charge in [-0.3, -0.25) is 15.0 Å². The zero-order valence-electron chi connectivity index (χ0n) is 17.7. The van der Waals surface area contributed by atoms with E-state index in [0.717, 1.165) is 18.7 Å². The van der Waals surface area contributed by atoms with E-state index in [9.17, 15) is 22.8 Å². The fourth-order valence-corrected chi connectivity index (χ4v) is 4.23. The van der Waals surface area contributed by atoms with Crippen LogP contribution in [0.25, 0.3) is 0 Å². The minimum Gasteiger partial charge on any atom is -0.366 e. The van der Waals surface area contributed by atoms with Gasteiger partial charge in [-0.05, 0) is 30.5 Å². The average Bonchev–Trinajstić information content (AvgIpc) is 3.15. The molecule has 0 aromatic carbocycles. The second-order valence-electron chi connectivity index (χ2n) is 8.39. The van der Waals surface area contributed by atoms with Crippen LogP contribution in [-0.2, 0) is 4.79 Å². The predicted octanol–water partition coefficient (Wildman–Crippen LogP) is 2.40. The Morgan fingerprint density at radius 2 is 2.06 bits per heavy atom. The van der Waals surface area contributed by atoms with Gasteiger partial charge in [-0.1, -0.05) is 26.0 Å². The standard InChI is InChI=1S/C21H25F3N6O2/c1-12(2)17(21(22,23)24)28-19(31)14-6-7-15-18(26-14)30(13-8-10-29(15)11-13)20(32)27-16-5-3-4-9-25-16/h3-7,9,12-14,17,26H,8,10-11H2,1-2H3,(H,28,31)(H,25,27,32)/t13?,14?,17-/m1/s1. The number of hydrogen-bond acceptors (Lipinski definition) is 5. The number of nitrogens with zero attached hydrogens (tertiary/aromatic N) is 3. The molecule has 2 bridgehead atoms. The molecule has 8 nitrogen and oxygen atoms in total. The van der Waals surface area contributed by atoms with Crippen molar-refractivity contribution in [3.63, 3.8) is 0 Å². The van der Waals surface area contributed by atoms with Crippen molar-refractivity contribution < 1.29 is 22.8 Å². The molecule has 0 saturated carbocycles. The number of rotatable bonds is 4. The largest absolute Gasteiger partial charge is 0.408 e. The molecule has 1 saturated heterocycles. The lowest BCUT2D eigenvalue weighted by atomic mass is 10.0. The van der Waals surface area contributed by atoms with E-state index < -0.39 is 36.1 Å². The van der Waals surface area contributed by atoms with Crippen LogP contribution in [0, 0.1) is 5.92 Å². The summed E-state index contributed by atoms with van der Waals surface area (Å²) in [6.07, 6.45) is 0.947. The number of fused-ring (bicyclic) bond motifs is 3. The third kappa shape index (κ3) is 4.23. The van der Waals surface area contributed by atoms with Gasteiger partial charge >= 0.3 is 12.2 Å². The molecule has 3 aliphatic rings. The first kappa shape index (κ1) is 22.0. The molecule has 4 rings (SSSR count). The molecule has 11 heteroatoms. The van der Waals surface area contributed by atoms with E-state index in [0.29, 0.717) is 18.2 Å². The van der Waals surface area contributed by atoms with Crippen molar-refractivity contribution in [3.8, 4) is 0 Å². The molecule has 3 N–H and O–H groups in total. The number of amides is 3. The maximum absolute atomic E-state index is 13.3. The molecule has 1 aromatic heterocycles. The quantitative estimate of drug-likeness (QED) is 0.656. The molecule has 0 radical (unpaired) electrons. The van der Waals surface area contributed by atoms with E-state index in [-0.39, 0.29) is 6.04 Å². The zero-order chi connectivity index (χ0) is 23.0. The van der Waals surface area contributed by atoms with Crippen molar-refractivity contribution in [2.45, 2.75) is 44.6 Å². The lowest BCUT2D eigenvalue weighted by molar-refractivity contribution is -0.170. The molecule has 172 valence electrons. The molecule has 1 aromatic rings. The van der Waals surface area contributed by atoms with E-state index in [2.05, 4.69) is 25.8 Å². The summed E-state index contributed by atoms with van der Waals surface area (Å²) >= 11 is 0. The smallest absolute Gasteiger partial charge is 0.366 e. The summed E-state index contributed by atoms with van der Waals surface area (Å²) in [5.41, 5.74) is 0.732. The van der Waals surface area contributed by atoms with Gasteiger partial charge in [0.05, 0.1) is 11.7 Å². The highest BCUT2D eigenvalue weighted by atomic mass is 19.4. The van der Waals surface area contributed by atoms with Gasteiger partial charge in [-0.2, -0.15) is 13.2 Å². The van der Waals surface area contributed by atoms with Gasteiger partial charge in [0.2, 0.25) is 5.91 Å². The lowest BCUT2D eigenvalue weighted by Crippen LogP contribution is -2.58. The van der Waals surface area contributed by atoms with Gasteiger partial charge in [0.1, 0.15) is 23.7 Å². The van der Waals surface area contributed by atoms with Gasteiger partial charge in [0.15, 0.2) is 0 Å². The molecule has 3 aliphatic heterocycles. The highest BCUT2D eigenvalue weighted by molar-refractivity contribution is 5.91. The first-order valence-corrected chi connectivity index (χ1v) is 10.5. The average molecular weight is 450 g/mol. The van der Waals surface area contributed by atoms with Crippen molar-refractivity contribution in [2.24, 2.45) is 5.92 Å². The van der Waals surface area contributed by atoms with E-state index in [1.165, 1.54) is 19.9 Å². The Bertz CT molecular complexity index is 947. The summed E-state index contributed by atoms with van der Waals surface area (Å²) in [6, 6.07) is 1.59. The van der Waals surface area contributed by atoms with Crippen molar-refractivity contribution >= 4 is 17.8 Å². The summed E-state index contributed by atoms with van der Waals surface area (Å²) < 4.78 is 39.9. The van der Waals surface area contributed by atoms with Crippen molar-refractivity contribution in [1.82, 2.24) is 25.4 Å². The fourth-order valence-electron chi connectivity index (χ4n) is 4.23. The topological polar surface area (TPSA) is 89.6 Å². The minimum atomic E-state index is -4.56. The SMILES string of the molecule is CC(C)[C@@H](NC(=O)C1C=CC2=C(N1)N(C(=O)Nc1ccccn1)C1CCN2C1)C(F)(F)F.